The van der Waals surface area contributed by atoms with Crippen molar-refractivity contribution in [3.05, 3.63) is 0 Å². The molecule has 1 saturated heterocycles. The molecule has 0 aromatic rings. The summed E-state index contributed by atoms with van der Waals surface area (Å²) in [6.45, 7) is 5.01. The van der Waals surface area contributed by atoms with E-state index in [0.29, 0.717) is 5.92 Å². The molecule has 0 aromatic heterocycles. The second-order valence-corrected chi connectivity index (χ2v) is 2.76. The summed E-state index contributed by atoms with van der Waals surface area (Å²) in [4.78, 5) is 0. The first kappa shape index (κ1) is 6.05. The molecule has 1 fully saturated rings. The van der Waals surface area contributed by atoms with Gasteiger partial charge in [-0.15, -0.1) is 0 Å². The molecule has 2 heteroatoms. The van der Waals surface area contributed by atoms with Crippen LogP contribution in [0.5, 0.6) is 0 Å². The van der Waals surface area contributed by atoms with E-state index in [9.17, 15) is 5.11 Å². The van der Waals surface area contributed by atoms with E-state index in [1.54, 1.807) is 0 Å². The largest absolute Gasteiger partial charge is 0.376 e. The molecule has 0 spiro atoms. The zero-order chi connectivity index (χ0) is 6.20. The third-order valence-corrected chi connectivity index (χ3v) is 1.89. The quantitative estimate of drug-likeness (QED) is 0.516. The van der Waals surface area contributed by atoms with Crippen molar-refractivity contribution in [2.45, 2.75) is 26.0 Å². The average molecular weight is 115 g/mol. The van der Waals surface area contributed by atoms with Gasteiger partial charge in [0.2, 0.25) is 0 Å². The first-order valence-electron chi connectivity index (χ1n) is 3.12. The molecule has 1 heterocycles. The van der Waals surface area contributed by atoms with E-state index in [0.717, 1.165) is 13.0 Å². The minimum atomic E-state index is -0.528. The molecule has 2 N–H and O–H groups in total. The lowest BCUT2D eigenvalue weighted by Crippen LogP contribution is -2.60. The van der Waals surface area contributed by atoms with Crippen molar-refractivity contribution in [1.82, 2.24) is 5.32 Å². The fraction of sp³-hybridized carbons (Fsp3) is 1.00. The molecule has 0 saturated carbocycles. The summed E-state index contributed by atoms with van der Waals surface area (Å²) in [7, 11) is 0. The first-order valence-corrected chi connectivity index (χ1v) is 3.12. The Balaban J connectivity index is 2.41. The maximum Gasteiger partial charge on any atom is 0.119 e. The molecular formula is C6H13NO. The molecule has 0 aromatic carbocycles. The Morgan fingerprint density at radius 3 is 2.12 bits per heavy atom. The fourth-order valence-corrected chi connectivity index (χ4v) is 0.874. The van der Waals surface area contributed by atoms with E-state index < -0.39 is 5.72 Å². The maximum atomic E-state index is 9.38. The summed E-state index contributed by atoms with van der Waals surface area (Å²) in [5.74, 6) is 0.344. The van der Waals surface area contributed by atoms with Crippen molar-refractivity contribution >= 4 is 0 Å². The lowest BCUT2D eigenvalue weighted by atomic mass is 9.90. The van der Waals surface area contributed by atoms with E-state index >= 15 is 0 Å². The Morgan fingerprint density at radius 2 is 2.12 bits per heavy atom. The minimum Gasteiger partial charge on any atom is -0.376 e. The molecule has 0 bridgehead atoms. The van der Waals surface area contributed by atoms with Gasteiger partial charge in [-0.1, -0.05) is 13.8 Å². The van der Waals surface area contributed by atoms with Crippen molar-refractivity contribution in [3.63, 3.8) is 0 Å². The van der Waals surface area contributed by atoms with Crippen LogP contribution in [0, 0.1) is 5.92 Å². The van der Waals surface area contributed by atoms with Gasteiger partial charge >= 0.3 is 0 Å². The average Bonchev–Trinajstić information content (AvgIpc) is 1.60. The van der Waals surface area contributed by atoms with E-state index in [-0.39, 0.29) is 0 Å². The van der Waals surface area contributed by atoms with Gasteiger partial charge in [0.25, 0.3) is 0 Å². The third-order valence-electron chi connectivity index (χ3n) is 1.89. The van der Waals surface area contributed by atoms with Crippen LogP contribution < -0.4 is 5.32 Å². The Labute approximate surface area is 49.9 Å². The molecule has 2 nitrogen and oxygen atoms in total. The second-order valence-electron chi connectivity index (χ2n) is 2.76. The Bertz CT molecular complexity index is 86.5. The molecule has 0 radical (unpaired) electrons. The van der Waals surface area contributed by atoms with Gasteiger partial charge in [-0.05, 0) is 5.92 Å². The molecule has 1 unspecified atom stereocenters. The first-order chi connectivity index (χ1) is 3.65. The molecule has 8 heavy (non-hydrogen) atoms. The normalized spacial score (nSPS) is 37.5. The fourth-order valence-electron chi connectivity index (χ4n) is 0.874. The van der Waals surface area contributed by atoms with Gasteiger partial charge in [-0.2, -0.15) is 0 Å². The Hall–Kier alpha value is -0.0800. The summed E-state index contributed by atoms with van der Waals surface area (Å²) in [5.41, 5.74) is -0.528. The van der Waals surface area contributed by atoms with Crippen molar-refractivity contribution < 1.29 is 5.11 Å². The Morgan fingerprint density at radius 1 is 1.62 bits per heavy atom. The summed E-state index contributed by atoms with van der Waals surface area (Å²) < 4.78 is 0. The van der Waals surface area contributed by atoms with E-state index in [1.807, 2.05) is 13.8 Å². The monoisotopic (exact) mass is 115 g/mol. The lowest BCUT2D eigenvalue weighted by molar-refractivity contribution is -0.0920. The van der Waals surface area contributed by atoms with Crippen LogP contribution >= 0.6 is 0 Å². The van der Waals surface area contributed by atoms with E-state index in [1.165, 1.54) is 0 Å². The van der Waals surface area contributed by atoms with Gasteiger partial charge in [0.15, 0.2) is 0 Å². The van der Waals surface area contributed by atoms with Gasteiger partial charge in [0.1, 0.15) is 5.72 Å². The van der Waals surface area contributed by atoms with Crippen LogP contribution in [0.1, 0.15) is 20.3 Å². The molecule has 0 aliphatic carbocycles. The summed E-state index contributed by atoms with van der Waals surface area (Å²) in [6, 6.07) is 0. The highest BCUT2D eigenvalue weighted by molar-refractivity contribution is 4.88. The standard InChI is InChI=1S/C6H13NO/c1-5(2)6(8)3-4-7-6/h5,7-8H,3-4H2,1-2H3. The van der Waals surface area contributed by atoms with Crippen LogP contribution in [0.15, 0.2) is 0 Å². The van der Waals surface area contributed by atoms with Crippen molar-refractivity contribution in [2.24, 2.45) is 5.92 Å². The predicted molar refractivity (Wildman–Crippen MR) is 32.4 cm³/mol. The zero-order valence-corrected chi connectivity index (χ0v) is 5.44. The van der Waals surface area contributed by atoms with Crippen LogP contribution in [0.3, 0.4) is 0 Å². The molecular weight excluding hydrogens is 102 g/mol. The summed E-state index contributed by atoms with van der Waals surface area (Å²) in [6.07, 6.45) is 0.907. The number of hydrogen-bond acceptors (Lipinski definition) is 2. The van der Waals surface area contributed by atoms with Gasteiger partial charge in [0, 0.05) is 13.0 Å². The lowest BCUT2D eigenvalue weighted by Gasteiger charge is -2.41. The molecule has 1 aliphatic heterocycles. The Kier molecular flexibility index (Phi) is 1.29. The van der Waals surface area contributed by atoms with Crippen LogP contribution in [-0.4, -0.2) is 17.4 Å². The molecule has 48 valence electrons. The number of aliphatic hydroxyl groups is 1. The summed E-state index contributed by atoms with van der Waals surface area (Å²) in [5, 5.41) is 12.4. The topological polar surface area (TPSA) is 32.3 Å². The number of hydrogen-bond donors (Lipinski definition) is 2. The van der Waals surface area contributed by atoms with Crippen LogP contribution in [-0.2, 0) is 0 Å². The highest BCUT2D eigenvalue weighted by Crippen LogP contribution is 2.23. The molecule has 1 atom stereocenters. The number of rotatable bonds is 1. The highest BCUT2D eigenvalue weighted by atomic mass is 16.3. The number of nitrogens with one attached hydrogen (secondary N) is 1. The highest BCUT2D eigenvalue weighted by Gasteiger charge is 2.36. The van der Waals surface area contributed by atoms with E-state index in [4.69, 9.17) is 0 Å². The van der Waals surface area contributed by atoms with Gasteiger partial charge in [0.05, 0.1) is 0 Å². The molecule has 1 aliphatic rings. The second kappa shape index (κ2) is 1.71. The van der Waals surface area contributed by atoms with Gasteiger partial charge in [-0.3, -0.25) is 5.32 Å². The van der Waals surface area contributed by atoms with Crippen LogP contribution in [0.25, 0.3) is 0 Å². The minimum absolute atomic E-state index is 0.344. The van der Waals surface area contributed by atoms with Crippen LogP contribution in [0.2, 0.25) is 0 Å². The van der Waals surface area contributed by atoms with Crippen molar-refractivity contribution in [1.29, 1.82) is 0 Å². The molecule has 0 amide bonds. The summed E-state index contributed by atoms with van der Waals surface area (Å²) >= 11 is 0. The van der Waals surface area contributed by atoms with E-state index in [2.05, 4.69) is 5.32 Å². The smallest absolute Gasteiger partial charge is 0.119 e. The SMILES string of the molecule is CC(C)C1(O)CCN1. The van der Waals surface area contributed by atoms with Gasteiger partial charge in [-0.25, -0.2) is 0 Å². The molecule has 1 rings (SSSR count). The van der Waals surface area contributed by atoms with Crippen molar-refractivity contribution in [3.8, 4) is 0 Å². The maximum absolute atomic E-state index is 9.38. The predicted octanol–water partition coefficient (Wildman–Crippen LogP) is 0.324. The van der Waals surface area contributed by atoms with Gasteiger partial charge < -0.3 is 5.11 Å². The van der Waals surface area contributed by atoms with Crippen LogP contribution in [0.4, 0.5) is 0 Å². The van der Waals surface area contributed by atoms with Crippen molar-refractivity contribution in [2.75, 3.05) is 6.54 Å². The third kappa shape index (κ3) is 0.740. The zero-order valence-electron chi connectivity index (χ0n) is 5.44.